The van der Waals surface area contributed by atoms with Crippen LogP contribution in [0.3, 0.4) is 0 Å². The van der Waals surface area contributed by atoms with Gasteiger partial charge in [0.05, 0.1) is 5.69 Å². The zero-order chi connectivity index (χ0) is 44.3. The minimum absolute atomic E-state index is 0.901. The molecule has 0 amide bonds. The maximum absolute atomic E-state index is 6.48. The third-order valence-corrected chi connectivity index (χ3v) is 13.4. The molecule has 0 unspecified atom stereocenters. The van der Waals surface area contributed by atoms with Gasteiger partial charge in [0.15, 0.2) is 0 Å². The quantitative estimate of drug-likeness (QED) is 0.142. The summed E-state index contributed by atoms with van der Waals surface area (Å²) in [5.74, 6) is 0. The number of rotatable bonds is 8. The van der Waals surface area contributed by atoms with E-state index in [2.05, 4.69) is 252 Å². The summed E-state index contributed by atoms with van der Waals surface area (Å²) in [5.41, 5.74) is 12.9. The van der Waals surface area contributed by atoms with Crippen LogP contribution in [0.15, 0.2) is 259 Å². The van der Waals surface area contributed by atoms with Gasteiger partial charge in [-0.3, -0.25) is 0 Å². The second kappa shape index (κ2) is 16.0. The lowest BCUT2D eigenvalue weighted by Crippen LogP contribution is -2.10. The molecule has 3 heteroatoms. The molecule has 1 aromatic heterocycles. The Hall–Kier alpha value is -8.92. The molecule has 0 saturated heterocycles. The van der Waals surface area contributed by atoms with Crippen molar-refractivity contribution in [1.29, 1.82) is 0 Å². The maximum Gasteiger partial charge on any atom is 0.143 e. The molecule has 0 atom stereocenters. The number of benzene rings is 12. The van der Waals surface area contributed by atoms with Crippen molar-refractivity contribution in [2.45, 2.75) is 0 Å². The molecule has 0 bridgehead atoms. The fraction of sp³-hybridized carbons (Fsp3) is 0. The normalized spacial score (nSPS) is 11.6. The summed E-state index contributed by atoms with van der Waals surface area (Å²) in [6.07, 6.45) is 0. The lowest BCUT2D eigenvalue weighted by molar-refractivity contribution is 0.670. The zero-order valence-corrected chi connectivity index (χ0v) is 36.6. The Morgan fingerprint density at radius 2 is 0.687 bits per heavy atom. The smallest absolute Gasteiger partial charge is 0.143 e. The molecule has 0 spiro atoms. The highest BCUT2D eigenvalue weighted by Gasteiger charge is 2.20. The Labute approximate surface area is 388 Å². The first kappa shape index (κ1) is 38.5. The van der Waals surface area contributed by atoms with Gasteiger partial charge in [0.2, 0.25) is 0 Å². The molecule has 3 nitrogen and oxygen atoms in total. The van der Waals surface area contributed by atoms with Crippen molar-refractivity contribution < 1.29 is 4.42 Å². The average Bonchev–Trinajstić information content (AvgIpc) is 3.79. The van der Waals surface area contributed by atoms with Gasteiger partial charge in [-0.05, 0) is 127 Å². The van der Waals surface area contributed by atoms with Crippen molar-refractivity contribution in [2.24, 2.45) is 0 Å². The molecule has 0 aliphatic carbocycles. The van der Waals surface area contributed by atoms with Gasteiger partial charge in [0.25, 0.3) is 0 Å². The van der Waals surface area contributed by atoms with Gasteiger partial charge in [0, 0.05) is 50.2 Å². The molecule has 0 aliphatic heterocycles. The number of para-hydroxylation sites is 4. The monoisotopic (exact) mass is 854 g/mol. The molecule has 1 heterocycles. The van der Waals surface area contributed by atoms with Crippen LogP contribution in [0, 0.1) is 0 Å². The molecular formula is C64H42N2O. The minimum atomic E-state index is 0.901. The van der Waals surface area contributed by atoms with Gasteiger partial charge in [0.1, 0.15) is 11.2 Å². The summed E-state index contributed by atoms with van der Waals surface area (Å²) in [7, 11) is 0. The van der Waals surface area contributed by atoms with Crippen LogP contribution in [-0.2, 0) is 0 Å². The first-order valence-electron chi connectivity index (χ1n) is 22.9. The molecule has 13 aromatic rings. The third kappa shape index (κ3) is 6.51. The largest absolute Gasteiger partial charge is 0.455 e. The SMILES string of the molecule is c1ccc(N(c2ccccc2)c2ccc(-c3ccc(N(c4ccc(-c5cccc6c5oc5ccccc56)cc4)c4ccc5c6ccccc6c6ccccc6c5c4)cc3)c3ccccc23)cc1. The van der Waals surface area contributed by atoms with Gasteiger partial charge in [-0.1, -0.05) is 182 Å². The predicted molar refractivity (Wildman–Crippen MR) is 284 cm³/mol. The molecule has 314 valence electrons. The van der Waals surface area contributed by atoms with Gasteiger partial charge in [-0.25, -0.2) is 0 Å². The number of furan rings is 1. The van der Waals surface area contributed by atoms with E-state index in [1.54, 1.807) is 0 Å². The van der Waals surface area contributed by atoms with Crippen molar-refractivity contribution in [3.63, 3.8) is 0 Å². The zero-order valence-electron chi connectivity index (χ0n) is 36.6. The van der Waals surface area contributed by atoms with Crippen LogP contribution in [0.5, 0.6) is 0 Å². The van der Waals surface area contributed by atoms with Crippen molar-refractivity contribution in [3.8, 4) is 22.3 Å². The summed E-state index contributed by atoms with van der Waals surface area (Å²) < 4.78 is 6.48. The van der Waals surface area contributed by atoms with E-state index in [1.165, 1.54) is 48.7 Å². The second-order valence-electron chi connectivity index (χ2n) is 17.2. The summed E-state index contributed by atoms with van der Waals surface area (Å²) in [6.45, 7) is 0. The number of nitrogens with zero attached hydrogens (tertiary/aromatic N) is 2. The fourth-order valence-electron chi connectivity index (χ4n) is 10.3. The Morgan fingerprint density at radius 3 is 1.30 bits per heavy atom. The van der Waals surface area contributed by atoms with E-state index >= 15 is 0 Å². The second-order valence-corrected chi connectivity index (χ2v) is 17.2. The van der Waals surface area contributed by atoms with Crippen molar-refractivity contribution in [3.05, 3.63) is 255 Å². The maximum atomic E-state index is 6.48. The minimum Gasteiger partial charge on any atom is -0.455 e. The molecule has 0 radical (unpaired) electrons. The lowest BCUT2D eigenvalue weighted by atomic mass is 9.93. The third-order valence-electron chi connectivity index (χ3n) is 13.4. The van der Waals surface area contributed by atoms with E-state index in [9.17, 15) is 0 Å². The molecule has 13 rings (SSSR count). The Morgan fingerprint density at radius 1 is 0.239 bits per heavy atom. The van der Waals surface area contributed by atoms with Crippen LogP contribution in [0.2, 0.25) is 0 Å². The van der Waals surface area contributed by atoms with Crippen molar-refractivity contribution in [2.75, 3.05) is 9.80 Å². The molecule has 0 saturated carbocycles. The summed E-state index contributed by atoms with van der Waals surface area (Å²) in [5, 5.41) is 12.2. The highest BCUT2D eigenvalue weighted by molar-refractivity contribution is 6.26. The van der Waals surface area contributed by atoms with Crippen LogP contribution in [0.1, 0.15) is 0 Å². The van der Waals surface area contributed by atoms with Gasteiger partial charge in [-0.15, -0.1) is 0 Å². The van der Waals surface area contributed by atoms with E-state index in [1.807, 2.05) is 12.1 Å². The summed E-state index contributed by atoms with van der Waals surface area (Å²) in [6, 6.07) is 91.9. The van der Waals surface area contributed by atoms with Crippen LogP contribution in [-0.4, -0.2) is 0 Å². The molecule has 12 aromatic carbocycles. The fourth-order valence-corrected chi connectivity index (χ4v) is 10.3. The summed E-state index contributed by atoms with van der Waals surface area (Å²) >= 11 is 0. The molecule has 67 heavy (non-hydrogen) atoms. The Bertz CT molecular complexity index is 3890. The van der Waals surface area contributed by atoms with Gasteiger partial charge >= 0.3 is 0 Å². The number of hydrogen-bond donors (Lipinski definition) is 0. The highest BCUT2D eigenvalue weighted by Crippen LogP contribution is 2.45. The highest BCUT2D eigenvalue weighted by atomic mass is 16.3. The number of anilines is 6. The predicted octanol–water partition coefficient (Wildman–Crippen LogP) is 18.5. The van der Waals surface area contributed by atoms with Crippen LogP contribution in [0.4, 0.5) is 34.1 Å². The topological polar surface area (TPSA) is 19.6 Å². The van der Waals surface area contributed by atoms with Crippen molar-refractivity contribution >= 4 is 99.2 Å². The number of fused-ring (bicyclic) bond motifs is 10. The van der Waals surface area contributed by atoms with Gasteiger partial charge in [-0.2, -0.15) is 0 Å². The standard InChI is InChI=1S/C64H42N2O/c1-3-16-45(17-4-1)66(46-18-5-2-6-19-46)62-41-40-50(52-20-11-12-25-58(52)62)43-30-34-47(35-31-43)65(49-38-39-57-55-23-8-7-21-53(55)54-22-9-10-24-56(54)61(57)42-49)48-36-32-44(33-37-48)51-27-15-28-60-59-26-13-14-29-63(59)67-64(51)60/h1-42H. The average molecular weight is 855 g/mol. The molecule has 0 aliphatic rings. The molecular weight excluding hydrogens is 813 g/mol. The molecule has 0 N–H and O–H groups in total. The van der Waals surface area contributed by atoms with E-state index in [0.29, 0.717) is 0 Å². The van der Waals surface area contributed by atoms with E-state index < -0.39 is 0 Å². The van der Waals surface area contributed by atoms with E-state index in [-0.39, 0.29) is 0 Å². The first-order chi connectivity index (χ1) is 33.2. The lowest BCUT2D eigenvalue weighted by Gasteiger charge is -2.28. The van der Waals surface area contributed by atoms with Gasteiger partial charge < -0.3 is 14.2 Å². The van der Waals surface area contributed by atoms with Crippen LogP contribution < -0.4 is 9.80 Å². The number of hydrogen-bond acceptors (Lipinski definition) is 3. The molecule has 0 fully saturated rings. The first-order valence-corrected chi connectivity index (χ1v) is 22.9. The Kier molecular flexibility index (Phi) is 9.17. The van der Waals surface area contributed by atoms with E-state index in [4.69, 9.17) is 4.42 Å². The Balaban J connectivity index is 0.945. The van der Waals surface area contributed by atoms with Crippen LogP contribution in [0.25, 0.3) is 87.3 Å². The van der Waals surface area contributed by atoms with Crippen LogP contribution >= 0.6 is 0 Å². The van der Waals surface area contributed by atoms with E-state index in [0.717, 1.165) is 72.8 Å². The van der Waals surface area contributed by atoms with Crippen molar-refractivity contribution in [1.82, 2.24) is 0 Å². The summed E-state index contributed by atoms with van der Waals surface area (Å²) in [4.78, 5) is 4.74.